The minimum Gasteiger partial charge on any atom is -0.391 e. The average Bonchev–Trinajstić information content (AvgIpc) is 3.32. The fourth-order valence-corrected chi connectivity index (χ4v) is 3.77. The Morgan fingerprint density at radius 1 is 1.07 bits per heavy atom. The smallest absolute Gasteiger partial charge is 0.245 e. The molecule has 4 amide bonds. The lowest BCUT2D eigenvalue weighted by molar-refractivity contribution is -0.145. The van der Waals surface area contributed by atoms with Gasteiger partial charge in [0.2, 0.25) is 23.6 Å². The zero-order valence-corrected chi connectivity index (χ0v) is 16.8. The molecule has 6 atom stereocenters. The van der Waals surface area contributed by atoms with Crippen molar-refractivity contribution in [2.24, 2.45) is 17.4 Å². The molecule has 2 aliphatic rings. The molecule has 0 spiro atoms. The van der Waals surface area contributed by atoms with Crippen LogP contribution in [0.3, 0.4) is 0 Å². The Kier molecular flexibility index (Phi) is 7.55. The Hall–Kier alpha value is -2.24. The van der Waals surface area contributed by atoms with Crippen molar-refractivity contribution in [3.8, 4) is 0 Å². The van der Waals surface area contributed by atoms with E-state index in [1.807, 2.05) is 0 Å². The second kappa shape index (κ2) is 9.51. The van der Waals surface area contributed by atoms with Crippen molar-refractivity contribution in [3.63, 3.8) is 0 Å². The third-order valence-corrected chi connectivity index (χ3v) is 5.58. The van der Waals surface area contributed by atoms with Gasteiger partial charge in [0.25, 0.3) is 0 Å². The first-order chi connectivity index (χ1) is 13.5. The van der Waals surface area contributed by atoms with E-state index < -0.39 is 54.0 Å². The van der Waals surface area contributed by atoms with Crippen LogP contribution in [0.4, 0.5) is 0 Å². The average molecular weight is 413 g/mol. The first kappa shape index (κ1) is 23.0. The number of hydrogen-bond donors (Lipinski definition) is 5. The molecule has 7 N–H and O–H groups in total. The predicted molar refractivity (Wildman–Crippen MR) is 102 cm³/mol. The van der Waals surface area contributed by atoms with E-state index >= 15 is 0 Å². The van der Waals surface area contributed by atoms with Gasteiger partial charge >= 0.3 is 0 Å². The molecule has 164 valence electrons. The molecule has 11 heteroatoms. The first-order valence-electron chi connectivity index (χ1n) is 9.85. The lowest BCUT2D eigenvalue weighted by Crippen LogP contribution is -2.55. The number of carbonyl (C=O) groups is 4. The molecule has 2 unspecified atom stereocenters. The summed E-state index contributed by atoms with van der Waals surface area (Å²) in [4.78, 5) is 52.1. The third kappa shape index (κ3) is 5.22. The topological polar surface area (TPSA) is 179 Å². The highest BCUT2D eigenvalue weighted by Gasteiger charge is 2.42. The minimum absolute atomic E-state index is 0.150. The molecule has 0 aromatic rings. The molecule has 0 aromatic carbocycles. The summed E-state index contributed by atoms with van der Waals surface area (Å²) >= 11 is 0. The molecule has 29 heavy (non-hydrogen) atoms. The second-order valence-electron chi connectivity index (χ2n) is 7.86. The molecule has 0 radical (unpaired) electrons. The van der Waals surface area contributed by atoms with E-state index in [1.54, 1.807) is 0 Å². The van der Waals surface area contributed by atoms with E-state index in [9.17, 15) is 29.4 Å². The van der Waals surface area contributed by atoms with Gasteiger partial charge in [0, 0.05) is 19.6 Å². The third-order valence-electron chi connectivity index (χ3n) is 5.58. The van der Waals surface area contributed by atoms with Crippen LogP contribution < -0.4 is 16.8 Å². The Balaban J connectivity index is 1.98. The fourth-order valence-electron chi connectivity index (χ4n) is 3.77. The van der Waals surface area contributed by atoms with Gasteiger partial charge in [-0.3, -0.25) is 19.2 Å². The van der Waals surface area contributed by atoms with E-state index in [2.05, 4.69) is 5.32 Å². The normalized spacial score (nSPS) is 26.0. The molecule has 0 aromatic heterocycles. The van der Waals surface area contributed by atoms with Crippen LogP contribution in [0, 0.1) is 5.92 Å². The number of amides is 4. The molecule has 11 nitrogen and oxygen atoms in total. The van der Waals surface area contributed by atoms with Crippen LogP contribution >= 0.6 is 0 Å². The van der Waals surface area contributed by atoms with Crippen molar-refractivity contribution in [2.75, 3.05) is 19.6 Å². The lowest BCUT2D eigenvalue weighted by atomic mass is 10.1. The second-order valence-corrected chi connectivity index (χ2v) is 7.86. The van der Waals surface area contributed by atoms with Gasteiger partial charge in [0.15, 0.2) is 0 Å². The van der Waals surface area contributed by atoms with Gasteiger partial charge in [0.05, 0.1) is 18.1 Å². The van der Waals surface area contributed by atoms with Gasteiger partial charge < -0.3 is 36.8 Å². The van der Waals surface area contributed by atoms with Crippen LogP contribution in [0.1, 0.15) is 33.1 Å². The summed E-state index contributed by atoms with van der Waals surface area (Å²) in [6, 6.07) is -2.95. The number of primary amides is 1. The number of hydrogen-bond acceptors (Lipinski definition) is 7. The van der Waals surface area contributed by atoms with E-state index in [-0.39, 0.29) is 12.5 Å². The quantitative estimate of drug-likeness (QED) is 0.293. The van der Waals surface area contributed by atoms with Gasteiger partial charge in [-0.25, -0.2) is 0 Å². The Bertz CT molecular complexity index is 655. The first-order valence-corrected chi connectivity index (χ1v) is 9.85. The van der Waals surface area contributed by atoms with Crippen molar-refractivity contribution < 1.29 is 29.4 Å². The van der Waals surface area contributed by atoms with Gasteiger partial charge in [-0.15, -0.1) is 0 Å². The summed E-state index contributed by atoms with van der Waals surface area (Å²) < 4.78 is 0. The highest BCUT2D eigenvalue weighted by atomic mass is 16.3. The fraction of sp³-hybridized carbons (Fsp3) is 0.778. The van der Waals surface area contributed by atoms with Crippen molar-refractivity contribution >= 4 is 23.6 Å². The summed E-state index contributed by atoms with van der Waals surface area (Å²) in [5, 5.41) is 21.6. The number of rotatable bonds is 7. The lowest BCUT2D eigenvalue weighted by Gasteiger charge is -2.30. The number of carbonyl (C=O) groups excluding carboxylic acids is 4. The van der Waals surface area contributed by atoms with E-state index in [4.69, 9.17) is 11.5 Å². The van der Waals surface area contributed by atoms with Crippen LogP contribution in [0.5, 0.6) is 0 Å². The van der Waals surface area contributed by atoms with Gasteiger partial charge in [-0.2, -0.15) is 0 Å². The summed E-state index contributed by atoms with van der Waals surface area (Å²) in [5.74, 6) is -2.56. The van der Waals surface area contributed by atoms with Gasteiger partial charge in [-0.05, 0) is 33.1 Å². The van der Waals surface area contributed by atoms with Crippen LogP contribution in [-0.2, 0) is 19.2 Å². The van der Waals surface area contributed by atoms with Crippen molar-refractivity contribution in [3.05, 3.63) is 0 Å². The summed E-state index contributed by atoms with van der Waals surface area (Å²) in [6.45, 7) is 3.66. The Morgan fingerprint density at radius 3 is 2.28 bits per heavy atom. The molecule has 0 bridgehead atoms. The molecule has 2 saturated heterocycles. The van der Waals surface area contributed by atoms with Crippen molar-refractivity contribution in [2.45, 2.75) is 63.4 Å². The molecule has 2 rings (SSSR count). The molecular weight excluding hydrogens is 382 g/mol. The molecule has 2 aliphatic heterocycles. The number of aliphatic hydroxyl groups excluding tert-OH is 2. The maximum atomic E-state index is 12.9. The molecular formula is C18H31N5O6. The molecule has 2 fully saturated rings. The minimum atomic E-state index is -1.20. The largest absolute Gasteiger partial charge is 0.391 e. The van der Waals surface area contributed by atoms with Crippen LogP contribution in [0.2, 0.25) is 0 Å². The van der Waals surface area contributed by atoms with Crippen LogP contribution in [-0.4, -0.2) is 93.6 Å². The number of nitrogens with two attached hydrogens (primary N) is 2. The van der Waals surface area contributed by atoms with Gasteiger partial charge in [0.1, 0.15) is 18.1 Å². The molecule has 0 aliphatic carbocycles. The van der Waals surface area contributed by atoms with E-state index in [0.717, 1.165) is 0 Å². The van der Waals surface area contributed by atoms with Crippen LogP contribution in [0.15, 0.2) is 0 Å². The van der Waals surface area contributed by atoms with E-state index in [1.165, 1.54) is 23.6 Å². The number of nitrogens with zero attached hydrogens (tertiary/aromatic N) is 2. The summed E-state index contributed by atoms with van der Waals surface area (Å²) in [5.41, 5.74) is 10.9. The molecule has 2 heterocycles. The standard InChI is InChI=1S/C18H31N5O6/c1-9(24)13(19)18(29)23-6-3-4-12(23)17(28)22-7-5-11(8-22)16(27)21-14(10(2)25)15(20)26/h9-14,24-25H,3-8,19H2,1-2H3,(H2,20,26)(H,21,27)/t9-,10-,11?,12-,13+,14?/m1/s1. The predicted octanol–water partition coefficient (Wildman–Crippen LogP) is -3.12. The summed E-state index contributed by atoms with van der Waals surface area (Å²) in [7, 11) is 0. The molecule has 0 saturated carbocycles. The number of nitrogens with one attached hydrogen (secondary N) is 1. The van der Waals surface area contributed by atoms with Crippen molar-refractivity contribution in [1.82, 2.24) is 15.1 Å². The van der Waals surface area contributed by atoms with Crippen LogP contribution in [0.25, 0.3) is 0 Å². The highest BCUT2D eigenvalue weighted by Crippen LogP contribution is 2.24. The van der Waals surface area contributed by atoms with Gasteiger partial charge in [-0.1, -0.05) is 0 Å². The summed E-state index contributed by atoms with van der Waals surface area (Å²) in [6.07, 6.45) is -0.605. The monoisotopic (exact) mass is 413 g/mol. The Labute approximate surface area is 169 Å². The SMILES string of the molecule is C[C@@H](O)C(NC(=O)C1CCN(C(=O)[C@H]2CCCN2C(=O)[C@@H](N)[C@@H](C)O)C1)C(N)=O. The zero-order valence-electron chi connectivity index (χ0n) is 16.8. The highest BCUT2D eigenvalue weighted by molar-refractivity contribution is 5.92. The number of likely N-dealkylation sites (tertiary alicyclic amines) is 2. The van der Waals surface area contributed by atoms with Crippen molar-refractivity contribution in [1.29, 1.82) is 0 Å². The zero-order chi connectivity index (χ0) is 21.9. The van der Waals surface area contributed by atoms with E-state index in [0.29, 0.717) is 32.4 Å². The Morgan fingerprint density at radius 2 is 1.72 bits per heavy atom. The maximum Gasteiger partial charge on any atom is 0.245 e. The maximum absolute atomic E-state index is 12.9. The number of aliphatic hydroxyl groups is 2.